The van der Waals surface area contributed by atoms with Crippen molar-refractivity contribution in [1.29, 1.82) is 0 Å². The summed E-state index contributed by atoms with van der Waals surface area (Å²) in [4.78, 5) is 11.6. The van der Waals surface area contributed by atoms with Crippen LogP contribution in [0.1, 0.15) is 11.1 Å². The first kappa shape index (κ1) is 18.2. The molecule has 0 unspecified atom stereocenters. The van der Waals surface area contributed by atoms with Crippen molar-refractivity contribution in [3.8, 4) is 5.75 Å². The van der Waals surface area contributed by atoms with Crippen LogP contribution in [0.2, 0.25) is 0 Å². The highest BCUT2D eigenvalue weighted by atomic mass is 32.2. The minimum Gasteiger partial charge on any atom is -0.491 e. The van der Waals surface area contributed by atoms with E-state index in [2.05, 4.69) is 0 Å². The van der Waals surface area contributed by atoms with Crippen LogP contribution in [0.5, 0.6) is 5.75 Å². The number of hydrogen-bond acceptors (Lipinski definition) is 6. The van der Waals surface area contributed by atoms with E-state index < -0.39 is 15.7 Å². The molecule has 0 saturated carbocycles. The van der Waals surface area contributed by atoms with E-state index in [9.17, 15) is 13.2 Å². The van der Waals surface area contributed by atoms with Crippen LogP contribution < -0.4 is 10.4 Å². The first-order valence-electron chi connectivity index (χ1n) is 7.98. The van der Waals surface area contributed by atoms with Gasteiger partial charge in [-0.3, -0.25) is 4.18 Å². The number of ether oxygens (including phenoxy) is 1. The summed E-state index contributed by atoms with van der Waals surface area (Å²) in [6.45, 7) is 3.60. The molecule has 0 fully saturated rings. The van der Waals surface area contributed by atoms with Crippen LogP contribution in [0.15, 0.2) is 62.6 Å². The van der Waals surface area contributed by atoms with E-state index in [1.165, 1.54) is 18.2 Å². The Bertz CT molecular complexity index is 1080. The molecule has 0 N–H and O–H groups in total. The summed E-state index contributed by atoms with van der Waals surface area (Å²) in [7, 11) is -3.82. The summed E-state index contributed by atoms with van der Waals surface area (Å²) in [5, 5.41) is 0.815. The highest BCUT2D eigenvalue weighted by Gasteiger charge is 2.14. The number of fused-ring (bicyclic) bond motifs is 1. The van der Waals surface area contributed by atoms with Crippen molar-refractivity contribution in [3.05, 3.63) is 70.1 Å². The molecule has 0 atom stereocenters. The van der Waals surface area contributed by atoms with Gasteiger partial charge in [0.15, 0.2) is 0 Å². The molecule has 0 aliphatic carbocycles. The largest absolute Gasteiger partial charge is 0.491 e. The third-order valence-electron chi connectivity index (χ3n) is 3.82. The van der Waals surface area contributed by atoms with Crippen molar-refractivity contribution in [2.24, 2.45) is 0 Å². The van der Waals surface area contributed by atoms with E-state index in [0.717, 1.165) is 16.5 Å². The lowest BCUT2D eigenvalue weighted by molar-refractivity contribution is 0.221. The zero-order valence-corrected chi connectivity index (χ0v) is 15.2. The maximum atomic E-state index is 12.1. The first-order chi connectivity index (χ1) is 12.3. The molecule has 0 aliphatic heterocycles. The summed E-state index contributed by atoms with van der Waals surface area (Å²) in [6.07, 6.45) is 0. The number of benzene rings is 2. The fraction of sp³-hybridized carbons (Fsp3) is 0.211. The number of aryl methyl sites for hydroxylation is 2. The molecule has 1 aromatic heterocycles. The number of rotatable bonds is 6. The van der Waals surface area contributed by atoms with Gasteiger partial charge in [0, 0.05) is 17.5 Å². The number of hydrogen-bond donors (Lipinski definition) is 0. The maximum Gasteiger partial charge on any atom is 0.336 e. The van der Waals surface area contributed by atoms with E-state index in [0.29, 0.717) is 11.3 Å². The fourth-order valence-corrected chi connectivity index (χ4v) is 3.36. The van der Waals surface area contributed by atoms with Crippen molar-refractivity contribution in [2.75, 3.05) is 13.2 Å². The normalized spacial score (nSPS) is 11.6. The molecule has 136 valence electrons. The molecular weight excluding hydrogens is 356 g/mol. The lowest BCUT2D eigenvalue weighted by Crippen LogP contribution is -2.13. The van der Waals surface area contributed by atoms with E-state index in [1.807, 2.05) is 13.8 Å². The second-order valence-corrected chi connectivity index (χ2v) is 7.46. The van der Waals surface area contributed by atoms with E-state index in [4.69, 9.17) is 13.3 Å². The van der Waals surface area contributed by atoms with Crippen LogP contribution in [0.25, 0.3) is 11.0 Å². The predicted octanol–water partition coefficient (Wildman–Crippen LogP) is 3.19. The van der Waals surface area contributed by atoms with Gasteiger partial charge in [-0.1, -0.05) is 17.7 Å². The van der Waals surface area contributed by atoms with Gasteiger partial charge in [-0.2, -0.15) is 8.42 Å². The van der Waals surface area contributed by atoms with Crippen LogP contribution in [0, 0.1) is 13.8 Å². The van der Waals surface area contributed by atoms with Crippen molar-refractivity contribution >= 4 is 21.1 Å². The second kappa shape index (κ2) is 7.31. The minimum absolute atomic E-state index is 0.0344. The lowest BCUT2D eigenvalue weighted by Gasteiger charge is -2.09. The SMILES string of the molecule is Cc1ccc(S(=O)(=O)OCCOc2ccc3c(C)cc(=O)oc3c2)cc1. The maximum absolute atomic E-state index is 12.1. The van der Waals surface area contributed by atoms with Gasteiger partial charge < -0.3 is 9.15 Å². The van der Waals surface area contributed by atoms with Gasteiger partial charge in [-0.05, 0) is 43.7 Å². The highest BCUT2D eigenvalue weighted by Crippen LogP contribution is 2.22. The average Bonchev–Trinajstić information content (AvgIpc) is 2.58. The molecule has 0 spiro atoms. The quantitative estimate of drug-likeness (QED) is 0.374. The summed E-state index contributed by atoms with van der Waals surface area (Å²) >= 11 is 0. The van der Waals surface area contributed by atoms with Crippen LogP contribution in [0.4, 0.5) is 0 Å². The van der Waals surface area contributed by atoms with E-state index in [1.54, 1.807) is 30.3 Å². The Balaban J connectivity index is 1.62. The molecule has 0 bridgehead atoms. The molecular formula is C19H18O6S. The van der Waals surface area contributed by atoms with Crippen LogP contribution in [0.3, 0.4) is 0 Å². The van der Waals surface area contributed by atoms with E-state index >= 15 is 0 Å². The second-order valence-electron chi connectivity index (χ2n) is 5.84. The summed E-state index contributed by atoms with van der Waals surface area (Å²) < 4.78 is 39.8. The molecule has 3 aromatic rings. The Morgan fingerprint density at radius 3 is 2.42 bits per heavy atom. The molecule has 0 saturated heterocycles. The van der Waals surface area contributed by atoms with Crippen molar-refractivity contribution < 1.29 is 21.8 Å². The van der Waals surface area contributed by atoms with Crippen LogP contribution >= 0.6 is 0 Å². The monoisotopic (exact) mass is 374 g/mol. The third kappa shape index (κ3) is 4.12. The third-order valence-corrected chi connectivity index (χ3v) is 5.15. The predicted molar refractivity (Wildman–Crippen MR) is 97.0 cm³/mol. The molecule has 1 heterocycles. The van der Waals surface area contributed by atoms with Crippen molar-refractivity contribution in [3.63, 3.8) is 0 Å². The molecule has 0 radical (unpaired) electrons. The van der Waals surface area contributed by atoms with Gasteiger partial charge in [-0.15, -0.1) is 0 Å². The Kier molecular flexibility index (Phi) is 5.11. The summed E-state index contributed by atoms with van der Waals surface area (Å²) in [6, 6.07) is 12.9. The molecule has 6 nitrogen and oxygen atoms in total. The zero-order chi connectivity index (χ0) is 18.7. The Morgan fingerprint density at radius 1 is 0.962 bits per heavy atom. The van der Waals surface area contributed by atoms with Gasteiger partial charge in [0.2, 0.25) is 0 Å². The van der Waals surface area contributed by atoms with Gasteiger partial charge in [0.1, 0.15) is 24.5 Å². The van der Waals surface area contributed by atoms with Crippen molar-refractivity contribution in [2.45, 2.75) is 18.7 Å². The minimum atomic E-state index is -3.82. The standard InChI is InChI=1S/C19H18O6S/c1-13-3-6-16(7-4-13)26(21,22)24-10-9-23-15-5-8-17-14(2)11-19(20)25-18(17)12-15/h3-8,11-12H,9-10H2,1-2H3. The van der Waals surface area contributed by atoms with E-state index in [-0.39, 0.29) is 18.1 Å². The van der Waals surface area contributed by atoms with Crippen LogP contribution in [-0.4, -0.2) is 21.6 Å². The van der Waals surface area contributed by atoms with Gasteiger partial charge >= 0.3 is 5.63 Å². The topological polar surface area (TPSA) is 82.8 Å². The van der Waals surface area contributed by atoms with Gasteiger partial charge in [0.25, 0.3) is 10.1 Å². The Hall–Kier alpha value is -2.64. The van der Waals surface area contributed by atoms with Gasteiger partial charge in [0.05, 0.1) is 4.90 Å². The first-order valence-corrected chi connectivity index (χ1v) is 9.39. The summed E-state index contributed by atoms with van der Waals surface area (Å²) in [5.74, 6) is 0.461. The molecule has 7 heteroatoms. The lowest BCUT2D eigenvalue weighted by atomic mass is 10.1. The highest BCUT2D eigenvalue weighted by molar-refractivity contribution is 7.86. The molecule has 0 aliphatic rings. The molecule has 2 aromatic carbocycles. The fourth-order valence-electron chi connectivity index (χ4n) is 2.47. The van der Waals surface area contributed by atoms with Gasteiger partial charge in [-0.25, -0.2) is 4.79 Å². The molecule has 0 amide bonds. The molecule has 3 rings (SSSR count). The summed E-state index contributed by atoms with van der Waals surface area (Å²) in [5.41, 5.74) is 1.76. The molecule has 26 heavy (non-hydrogen) atoms. The van der Waals surface area contributed by atoms with Crippen LogP contribution in [-0.2, 0) is 14.3 Å². The van der Waals surface area contributed by atoms with Crippen molar-refractivity contribution in [1.82, 2.24) is 0 Å². The Labute approximate surface area is 151 Å². The Morgan fingerprint density at radius 2 is 1.69 bits per heavy atom. The zero-order valence-electron chi connectivity index (χ0n) is 14.4. The average molecular weight is 374 g/mol. The smallest absolute Gasteiger partial charge is 0.336 e.